The molecule has 2 aromatic carbocycles. The van der Waals surface area contributed by atoms with E-state index in [1.165, 1.54) is 18.3 Å². The first-order valence-corrected chi connectivity index (χ1v) is 6.36. The quantitative estimate of drug-likeness (QED) is 0.345. The van der Waals surface area contributed by atoms with Gasteiger partial charge in [0.1, 0.15) is 0 Å². The molecule has 1 N–H and O–H groups in total. The van der Waals surface area contributed by atoms with E-state index in [9.17, 15) is 26.7 Å². The Morgan fingerprint density at radius 2 is 1.57 bits per heavy atom. The van der Waals surface area contributed by atoms with Crippen molar-refractivity contribution in [2.24, 2.45) is 0 Å². The number of Topliss-reactive ketones (excluding diaryl/α,β-unsaturated/α-hetero) is 1. The highest BCUT2D eigenvalue weighted by Gasteiger charge is 2.29. The average molecular weight is 326 g/mol. The lowest BCUT2D eigenvalue weighted by Gasteiger charge is -2.07. The van der Waals surface area contributed by atoms with Crippen molar-refractivity contribution in [3.05, 3.63) is 64.6 Å². The van der Waals surface area contributed by atoms with Crippen LogP contribution < -0.4 is 0 Å². The first-order chi connectivity index (χ1) is 10.9. The Balaban J connectivity index is 2.00. The van der Waals surface area contributed by atoms with Gasteiger partial charge >= 0.3 is 0 Å². The van der Waals surface area contributed by atoms with Gasteiger partial charge in [-0.05, 0) is 17.7 Å². The van der Waals surface area contributed by atoms with Gasteiger partial charge in [-0.3, -0.25) is 9.89 Å². The van der Waals surface area contributed by atoms with Crippen molar-refractivity contribution in [3.63, 3.8) is 0 Å². The molecule has 0 saturated heterocycles. The maximum Gasteiger partial charge on any atom is 0.200 e. The van der Waals surface area contributed by atoms with Crippen LogP contribution in [-0.2, 0) is 6.42 Å². The molecule has 0 aliphatic heterocycles. The predicted molar refractivity (Wildman–Crippen MR) is 70.4 cm³/mol. The number of nitrogens with one attached hydrogen (secondary N) is 1. The van der Waals surface area contributed by atoms with Gasteiger partial charge < -0.3 is 0 Å². The Hall–Kier alpha value is -2.77. The van der Waals surface area contributed by atoms with Crippen LogP contribution in [0.3, 0.4) is 0 Å². The van der Waals surface area contributed by atoms with Crippen molar-refractivity contribution >= 4 is 16.7 Å². The Labute approximate surface area is 125 Å². The van der Waals surface area contributed by atoms with E-state index in [1.807, 2.05) is 0 Å². The van der Waals surface area contributed by atoms with E-state index in [2.05, 4.69) is 10.2 Å². The van der Waals surface area contributed by atoms with E-state index in [0.29, 0.717) is 16.5 Å². The van der Waals surface area contributed by atoms with Crippen LogP contribution in [0.4, 0.5) is 22.0 Å². The molecule has 118 valence electrons. The highest BCUT2D eigenvalue weighted by atomic mass is 19.2. The Kier molecular flexibility index (Phi) is 3.59. The van der Waals surface area contributed by atoms with Gasteiger partial charge in [-0.15, -0.1) is 0 Å². The topological polar surface area (TPSA) is 45.8 Å². The summed E-state index contributed by atoms with van der Waals surface area (Å²) in [5.74, 6) is -12.0. The van der Waals surface area contributed by atoms with E-state index in [1.54, 1.807) is 6.07 Å². The fraction of sp³-hybridized carbons (Fsp3) is 0.0667. The second-order valence-electron chi connectivity index (χ2n) is 4.84. The number of aromatic nitrogens is 2. The molecule has 0 aliphatic rings. The van der Waals surface area contributed by atoms with E-state index in [4.69, 9.17) is 0 Å². The third-order valence-corrected chi connectivity index (χ3v) is 3.36. The molecule has 23 heavy (non-hydrogen) atoms. The summed E-state index contributed by atoms with van der Waals surface area (Å²) < 4.78 is 66.5. The molecule has 0 spiro atoms. The number of carbonyl (C=O) groups is 1. The molecule has 0 amide bonds. The fourth-order valence-corrected chi connectivity index (χ4v) is 2.23. The second kappa shape index (κ2) is 5.45. The standard InChI is InChI=1S/C15H7F5N2O/c16-11-10(12(17)14(19)15(20)13(11)18)9(23)4-6-1-2-8-7(3-6)5-21-22-8/h1-3,5H,4H2,(H,21,22). The van der Waals surface area contributed by atoms with Crippen LogP contribution in [0.2, 0.25) is 0 Å². The van der Waals surface area contributed by atoms with Gasteiger partial charge in [0.2, 0.25) is 5.82 Å². The van der Waals surface area contributed by atoms with Crippen molar-refractivity contribution < 1.29 is 26.7 Å². The number of H-pyrrole nitrogens is 1. The van der Waals surface area contributed by atoms with Crippen molar-refractivity contribution in [2.45, 2.75) is 6.42 Å². The zero-order chi connectivity index (χ0) is 16.7. The lowest BCUT2D eigenvalue weighted by molar-refractivity contribution is 0.0981. The number of nitrogens with zero attached hydrogens (tertiary/aromatic N) is 1. The molecule has 0 radical (unpaired) electrons. The summed E-state index contributed by atoms with van der Waals surface area (Å²) in [5.41, 5.74) is -0.404. The number of hydrogen-bond donors (Lipinski definition) is 1. The van der Waals surface area contributed by atoms with E-state index in [0.717, 1.165) is 0 Å². The Morgan fingerprint density at radius 1 is 0.957 bits per heavy atom. The highest BCUT2D eigenvalue weighted by molar-refractivity contribution is 5.98. The monoisotopic (exact) mass is 326 g/mol. The molecular formula is C15H7F5N2O. The average Bonchev–Trinajstić information content (AvgIpc) is 2.99. The number of carbonyl (C=O) groups excluding carboxylic acids is 1. The van der Waals surface area contributed by atoms with E-state index < -0.39 is 46.9 Å². The summed E-state index contributed by atoms with van der Waals surface area (Å²) in [7, 11) is 0. The van der Waals surface area contributed by atoms with Crippen LogP contribution >= 0.6 is 0 Å². The summed E-state index contributed by atoms with van der Waals surface area (Å²) in [4.78, 5) is 12.0. The lowest BCUT2D eigenvalue weighted by Crippen LogP contribution is -2.14. The number of halogens is 5. The first kappa shape index (κ1) is 15.1. The maximum atomic E-state index is 13.6. The molecule has 0 bridgehead atoms. The molecule has 3 nitrogen and oxygen atoms in total. The molecule has 3 rings (SSSR count). The van der Waals surface area contributed by atoms with Crippen molar-refractivity contribution in [1.82, 2.24) is 10.2 Å². The maximum absolute atomic E-state index is 13.6. The predicted octanol–water partition coefficient (Wildman–Crippen LogP) is 3.68. The van der Waals surface area contributed by atoms with Gasteiger partial charge in [0.15, 0.2) is 29.1 Å². The number of ketones is 1. The number of fused-ring (bicyclic) bond motifs is 1. The highest BCUT2D eigenvalue weighted by Crippen LogP contribution is 2.24. The summed E-state index contributed by atoms with van der Waals surface area (Å²) in [6, 6.07) is 4.61. The Bertz CT molecular complexity index is 906. The van der Waals surface area contributed by atoms with E-state index in [-0.39, 0.29) is 0 Å². The summed E-state index contributed by atoms with van der Waals surface area (Å²) in [5, 5.41) is 7.09. The molecule has 1 heterocycles. The van der Waals surface area contributed by atoms with Crippen molar-refractivity contribution in [1.29, 1.82) is 0 Å². The third-order valence-electron chi connectivity index (χ3n) is 3.36. The minimum atomic E-state index is -2.30. The molecule has 3 aromatic rings. The van der Waals surface area contributed by atoms with Crippen LogP contribution in [0, 0.1) is 29.1 Å². The van der Waals surface area contributed by atoms with Gasteiger partial charge in [-0.2, -0.15) is 5.10 Å². The van der Waals surface area contributed by atoms with Crippen LogP contribution in [0.25, 0.3) is 10.9 Å². The molecule has 8 heteroatoms. The molecule has 0 saturated carbocycles. The van der Waals surface area contributed by atoms with Gasteiger partial charge in [0.05, 0.1) is 17.3 Å². The van der Waals surface area contributed by atoms with Crippen molar-refractivity contribution in [3.8, 4) is 0 Å². The third kappa shape index (κ3) is 2.45. The molecule has 0 unspecified atom stereocenters. The normalized spacial score (nSPS) is 11.2. The van der Waals surface area contributed by atoms with Crippen LogP contribution in [-0.4, -0.2) is 16.0 Å². The minimum absolute atomic E-state index is 0.354. The molecule has 0 atom stereocenters. The fourth-order valence-electron chi connectivity index (χ4n) is 2.23. The number of rotatable bonds is 3. The lowest BCUT2D eigenvalue weighted by atomic mass is 10.0. The number of aromatic amines is 1. The van der Waals surface area contributed by atoms with Gasteiger partial charge in [0.25, 0.3) is 0 Å². The van der Waals surface area contributed by atoms with Gasteiger partial charge in [0, 0.05) is 11.8 Å². The summed E-state index contributed by atoms with van der Waals surface area (Å²) >= 11 is 0. The van der Waals surface area contributed by atoms with Gasteiger partial charge in [-0.1, -0.05) is 6.07 Å². The summed E-state index contributed by atoms with van der Waals surface area (Å²) in [6.45, 7) is 0. The smallest absolute Gasteiger partial charge is 0.200 e. The van der Waals surface area contributed by atoms with Crippen molar-refractivity contribution in [2.75, 3.05) is 0 Å². The second-order valence-corrected chi connectivity index (χ2v) is 4.84. The molecular weight excluding hydrogens is 319 g/mol. The SMILES string of the molecule is O=C(Cc1ccc2[nH]ncc2c1)c1c(F)c(F)c(F)c(F)c1F. The summed E-state index contributed by atoms with van der Waals surface area (Å²) in [6.07, 6.45) is 0.960. The van der Waals surface area contributed by atoms with Crippen LogP contribution in [0.15, 0.2) is 24.4 Å². The van der Waals surface area contributed by atoms with Crippen LogP contribution in [0.1, 0.15) is 15.9 Å². The molecule has 1 aromatic heterocycles. The first-order valence-electron chi connectivity index (χ1n) is 6.36. The Morgan fingerprint density at radius 3 is 2.22 bits per heavy atom. The van der Waals surface area contributed by atoms with E-state index >= 15 is 0 Å². The zero-order valence-electron chi connectivity index (χ0n) is 11.3. The molecule has 0 aliphatic carbocycles. The largest absolute Gasteiger partial charge is 0.294 e. The minimum Gasteiger partial charge on any atom is -0.294 e. The number of hydrogen-bond acceptors (Lipinski definition) is 2. The van der Waals surface area contributed by atoms with Crippen LogP contribution in [0.5, 0.6) is 0 Å². The van der Waals surface area contributed by atoms with Gasteiger partial charge in [-0.25, -0.2) is 22.0 Å². The molecule has 0 fully saturated rings. The number of benzene rings is 2. The zero-order valence-corrected chi connectivity index (χ0v) is 11.3.